The summed E-state index contributed by atoms with van der Waals surface area (Å²) in [5.41, 5.74) is -0.503. The summed E-state index contributed by atoms with van der Waals surface area (Å²) in [6, 6.07) is 0. The number of terminal acetylenes is 1. The number of aliphatic hydroxyl groups is 1. The zero-order valence-electron chi connectivity index (χ0n) is 8.43. The van der Waals surface area contributed by atoms with Gasteiger partial charge in [0.05, 0.1) is 5.60 Å². The van der Waals surface area contributed by atoms with Gasteiger partial charge in [0, 0.05) is 6.42 Å². The van der Waals surface area contributed by atoms with E-state index in [1.807, 2.05) is 6.92 Å². The molecule has 0 bridgehead atoms. The summed E-state index contributed by atoms with van der Waals surface area (Å²) in [5, 5.41) is 10.1. The molecule has 0 saturated heterocycles. The summed E-state index contributed by atoms with van der Waals surface area (Å²) in [6.45, 7) is 6.13. The molecule has 0 aromatic rings. The van der Waals surface area contributed by atoms with Crippen LogP contribution in [0.1, 0.15) is 46.5 Å². The van der Waals surface area contributed by atoms with Crippen LogP contribution in [0, 0.1) is 18.3 Å². The molecule has 0 radical (unpaired) electrons. The topological polar surface area (TPSA) is 20.2 Å². The van der Waals surface area contributed by atoms with E-state index >= 15 is 0 Å². The fourth-order valence-electron chi connectivity index (χ4n) is 1.37. The first-order valence-electron chi connectivity index (χ1n) is 4.72. The fourth-order valence-corrected chi connectivity index (χ4v) is 1.37. The minimum Gasteiger partial charge on any atom is -0.390 e. The Labute approximate surface area is 76.2 Å². The maximum Gasteiger partial charge on any atom is 0.0668 e. The summed E-state index contributed by atoms with van der Waals surface area (Å²) in [5.74, 6) is 2.91. The van der Waals surface area contributed by atoms with E-state index in [9.17, 15) is 5.11 Å². The first-order valence-corrected chi connectivity index (χ1v) is 4.72. The van der Waals surface area contributed by atoms with Crippen molar-refractivity contribution in [2.45, 2.75) is 52.1 Å². The smallest absolute Gasteiger partial charge is 0.0668 e. The molecule has 0 aliphatic rings. The summed E-state index contributed by atoms with van der Waals surface area (Å²) in [6.07, 6.45) is 8.49. The van der Waals surface area contributed by atoms with Crippen molar-refractivity contribution in [3.05, 3.63) is 0 Å². The van der Waals surface area contributed by atoms with E-state index in [4.69, 9.17) is 6.42 Å². The van der Waals surface area contributed by atoms with Crippen molar-refractivity contribution >= 4 is 0 Å². The predicted molar refractivity (Wildman–Crippen MR) is 52.8 cm³/mol. The van der Waals surface area contributed by atoms with E-state index in [2.05, 4.69) is 19.8 Å². The molecule has 12 heavy (non-hydrogen) atoms. The van der Waals surface area contributed by atoms with Gasteiger partial charge >= 0.3 is 0 Å². The first kappa shape index (κ1) is 11.5. The average Bonchev–Trinajstić information content (AvgIpc) is 2.04. The van der Waals surface area contributed by atoms with Crippen molar-refractivity contribution < 1.29 is 5.11 Å². The molecular weight excluding hydrogens is 148 g/mol. The molecule has 70 valence electrons. The van der Waals surface area contributed by atoms with Crippen LogP contribution in [0.2, 0.25) is 0 Å². The molecule has 1 N–H and O–H groups in total. The van der Waals surface area contributed by atoms with Gasteiger partial charge in [-0.1, -0.05) is 20.8 Å². The lowest BCUT2D eigenvalue weighted by atomic mass is 9.83. The molecule has 1 unspecified atom stereocenters. The summed E-state index contributed by atoms with van der Waals surface area (Å²) < 4.78 is 0. The van der Waals surface area contributed by atoms with Crippen LogP contribution in [0.3, 0.4) is 0 Å². The van der Waals surface area contributed by atoms with Crippen molar-refractivity contribution in [3.63, 3.8) is 0 Å². The molecule has 0 heterocycles. The number of hydrogen-bond donors (Lipinski definition) is 1. The molecule has 1 heteroatoms. The van der Waals surface area contributed by atoms with E-state index in [1.54, 1.807) is 0 Å². The highest BCUT2D eigenvalue weighted by Gasteiger charge is 2.27. The van der Waals surface area contributed by atoms with E-state index in [-0.39, 0.29) is 0 Å². The highest BCUT2D eigenvalue weighted by atomic mass is 16.3. The van der Waals surface area contributed by atoms with Gasteiger partial charge in [-0.2, -0.15) is 0 Å². The number of rotatable bonds is 5. The molecule has 1 nitrogen and oxygen atoms in total. The van der Waals surface area contributed by atoms with Gasteiger partial charge in [0.25, 0.3) is 0 Å². The van der Waals surface area contributed by atoms with Crippen molar-refractivity contribution in [3.8, 4) is 12.3 Å². The van der Waals surface area contributed by atoms with Crippen LogP contribution >= 0.6 is 0 Å². The minimum absolute atomic E-state index is 0.320. The summed E-state index contributed by atoms with van der Waals surface area (Å²) in [7, 11) is 0. The number of unbranched alkanes of at least 4 members (excludes halogenated alkanes) is 1. The Balaban J connectivity index is 3.90. The maximum absolute atomic E-state index is 10.1. The van der Waals surface area contributed by atoms with Crippen molar-refractivity contribution in [1.82, 2.24) is 0 Å². The van der Waals surface area contributed by atoms with Gasteiger partial charge in [0.15, 0.2) is 0 Å². The van der Waals surface area contributed by atoms with Crippen molar-refractivity contribution in [1.29, 1.82) is 0 Å². The van der Waals surface area contributed by atoms with E-state index < -0.39 is 5.60 Å². The third-order valence-corrected chi connectivity index (χ3v) is 2.62. The van der Waals surface area contributed by atoms with Crippen LogP contribution in [0.25, 0.3) is 0 Å². The summed E-state index contributed by atoms with van der Waals surface area (Å²) >= 11 is 0. The molecule has 0 aromatic heterocycles. The minimum atomic E-state index is -0.503. The monoisotopic (exact) mass is 168 g/mol. The van der Waals surface area contributed by atoms with Gasteiger partial charge < -0.3 is 5.11 Å². The lowest BCUT2D eigenvalue weighted by Gasteiger charge is -2.30. The second kappa shape index (κ2) is 5.22. The van der Waals surface area contributed by atoms with Crippen LogP contribution in [0.4, 0.5) is 0 Å². The molecule has 0 fully saturated rings. The molecule has 0 rings (SSSR count). The van der Waals surface area contributed by atoms with E-state index in [0.29, 0.717) is 5.92 Å². The molecular formula is C11H20O. The van der Waals surface area contributed by atoms with Gasteiger partial charge in [0.1, 0.15) is 0 Å². The quantitative estimate of drug-likeness (QED) is 0.494. The second-order valence-corrected chi connectivity index (χ2v) is 3.67. The average molecular weight is 168 g/mol. The van der Waals surface area contributed by atoms with E-state index in [0.717, 1.165) is 25.7 Å². The zero-order chi connectivity index (χ0) is 9.61. The van der Waals surface area contributed by atoms with Crippen LogP contribution in [-0.2, 0) is 0 Å². The Morgan fingerprint density at radius 1 is 1.50 bits per heavy atom. The van der Waals surface area contributed by atoms with Gasteiger partial charge in [0.2, 0.25) is 0 Å². The fraction of sp³-hybridized carbons (Fsp3) is 0.818. The largest absolute Gasteiger partial charge is 0.390 e. The SMILES string of the molecule is C#CCCCC(O)(CC)C(C)C. The predicted octanol–water partition coefficient (Wildman–Crippen LogP) is 2.59. The molecule has 0 aliphatic carbocycles. The standard InChI is InChI=1S/C11H20O/c1-5-7-8-9-11(12,6-2)10(3)4/h1,10,12H,6-9H2,2-4H3. The Hall–Kier alpha value is -0.480. The van der Waals surface area contributed by atoms with Crippen molar-refractivity contribution in [2.75, 3.05) is 0 Å². The Kier molecular flexibility index (Phi) is 5.01. The maximum atomic E-state index is 10.1. The van der Waals surface area contributed by atoms with Crippen LogP contribution < -0.4 is 0 Å². The molecule has 0 saturated carbocycles. The van der Waals surface area contributed by atoms with Gasteiger partial charge in [-0.05, 0) is 25.2 Å². The second-order valence-electron chi connectivity index (χ2n) is 3.67. The normalized spacial score (nSPS) is 15.7. The Bertz CT molecular complexity index is 155. The molecule has 1 atom stereocenters. The molecule has 0 amide bonds. The Morgan fingerprint density at radius 3 is 2.42 bits per heavy atom. The van der Waals surface area contributed by atoms with Crippen molar-refractivity contribution in [2.24, 2.45) is 5.92 Å². The van der Waals surface area contributed by atoms with Gasteiger partial charge in [-0.25, -0.2) is 0 Å². The molecule has 0 spiro atoms. The summed E-state index contributed by atoms with van der Waals surface area (Å²) in [4.78, 5) is 0. The number of hydrogen-bond acceptors (Lipinski definition) is 1. The molecule has 0 aliphatic heterocycles. The molecule has 0 aromatic carbocycles. The van der Waals surface area contributed by atoms with E-state index in [1.165, 1.54) is 0 Å². The Morgan fingerprint density at radius 2 is 2.08 bits per heavy atom. The first-order chi connectivity index (χ1) is 5.56. The lowest BCUT2D eigenvalue weighted by molar-refractivity contribution is -0.0178. The van der Waals surface area contributed by atoms with Crippen LogP contribution in [0.5, 0.6) is 0 Å². The highest BCUT2D eigenvalue weighted by molar-refractivity contribution is 4.86. The third kappa shape index (κ3) is 3.28. The highest BCUT2D eigenvalue weighted by Crippen LogP contribution is 2.26. The van der Waals surface area contributed by atoms with Crippen LogP contribution in [-0.4, -0.2) is 10.7 Å². The zero-order valence-corrected chi connectivity index (χ0v) is 8.43. The lowest BCUT2D eigenvalue weighted by Crippen LogP contribution is -2.33. The van der Waals surface area contributed by atoms with Crippen LogP contribution in [0.15, 0.2) is 0 Å². The van der Waals surface area contributed by atoms with Gasteiger partial charge in [-0.3, -0.25) is 0 Å². The third-order valence-electron chi connectivity index (χ3n) is 2.62. The van der Waals surface area contributed by atoms with Gasteiger partial charge in [-0.15, -0.1) is 12.3 Å².